The van der Waals surface area contributed by atoms with E-state index in [2.05, 4.69) is 4.74 Å². The number of benzene rings is 1. The summed E-state index contributed by atoms with van der Waals surface area (Å²) in [5, 5.41) is 0. The summed E-state index contributed by atoms with van der Waals surface area (Å²) in [5.74, 6) is -0.404. The fourth-order valence-corrected chi connectivity index (χ4v) is 3.11. The van der Waals surface area contributed by atoms with E-state index in [9.17, 15) is 18.0 Å². The lowest BCUT2D eigenvalue weighted by Crippen LogP contribution is -2.49. The average molecular weight is 386 g/mol. The molecule has 26 heavy (non-hydrogen) atoms. The fourth-order valence-electron chi connectivity index (χ4n) is 2.17. The van der Waals surface area contributed by atoms with Gasteiger partial charge in [0.15, 0.2) is 0 Å². The molecular weight excluding hydrogens is 360 g/mol. The molecule has 0 bridgehead atoms. The number of hydrogen-bond donors (Lipinski definition) is 1. The second-order valence-corrected chi connectivity index (χ2v) is 7.93. The average Bonchev–Trinajstić information content (AvgIpc) is 2.59. The third-order valence-electron chi connectivity index (χ3n) is 3.73. The van der Waals surface area contributed by atoms with Gasteiger partial charge in [0, 0.05) is 7.05 Å². The van der Waals surface area contributed by atoms with Gasteiger partial charge >= 0.3 is 22.3 Å². The maximum atomic E-state index is 12.4. The van der Waals surface area contributed by atoms with E-state index in [-0.39, 0.29) is 18.9 Å². The number of carbonyl (C=O) groups excluding carboxylic acids is 2. The topological polar surface area (TPSA) is 102 Å². The summed E-state index contributed by atoms with van der Waals surface area (Å²) in [6.45, 7) is 3.85. The summed E-state index contributed by atoms with van der Waals surface area (Å²) in [6.07, 6.45) is -0.216. The lowest BCUT2D eigenvalue weighted by atomic mass is 10.0. The molecule has 1 unspecified atom stereocenters. The molecule has 0 saturated heterocycles. The van der Waals surface area contributed by atoms with Crippen molar-refractivity contribution in [3.05, 3.63) is 35.9 Å². The van der Waals surface area contributed by atoms with Crippen molar-refractivity contribution >= 4 is 22.3 Å². The van der Waals surface area contributed by atoms with E-state index in [1.807, 2.05) is 19.9 Å². The maximum absolute atomic E-state index is 12.4. The minimum absolute atomic E-state index is 0.0698. The van der Waals surface area contributed by atoms with Crippen LogP contribution in [0.15, 0.2) is 30.3 Å². The van der Waals surface area contributed by atoms with Crippen LogP contribution in [0.4, 0.5) is 4.79 Å². The van der Waals surface area contributed by atoms with Crippen LogP contribution in [-0.4, -0.2) is 45.0 Å². The van der Waals surface area contributed by atoms with Gasteiger partial charge < -0.3 is 9.47 Å². The number of nitrogens with one attached hydrogen (secondary N) is 1. The van der Waals surface area contributed by atoms with Crippen LogP contribution >= 0.6 is 0 Å². The van der Waals surface area contributed by atoms with Crippen LogP contribution in [0.2, 0.25) is 0 Å². The number of hydrogen-bond acceptors (Lipinski definition) is 6. The minimum Gasteiger partial charge on any atom is -0.468 e. The Balaban J connectivity index is 2.72. The molecule has 1 N–H and O–H groups in total. The SMILES string of the molecule is COC(=O)C(CCC(C)C)N(C)S(=O)(=O)NC(=O)OCc1ccccc1. The van der Waals surface area contributed by atoms with Crippen molar-refractivity contribution in [2.24, 2.45) is 5.92 Å². The van der Waals surface area contributed by atoms with Gasteiger partial charge in [0.1, 0.15) is 12.6 Å². The van der Waals surface area contributed by atoms with Crippen LogP contribution < -0.4 is 4.72 Å². The van der Waals surface area contributed by atoms with Gasteiger partial charge in [-0.1, -0.05) is 44.2 Å². The maximum Gasteiger partial charge on any atom is 0.422 e. The monoisotopic (exact) mass is 386 g/mol. The number of likely N-dealkylation sites (N-methyl/N-ethyl adjacent to an activating group) is 1. The Bertz CT molecular complexity index is 690. The lowest BCUT2D eigenvalue weighted by molar-refractivity contribution is -0.145. The van der Waals surface area contributed by atoms with E-state index in [4.69, 9.17) is 4.74 Å². The molecule has 0 saturated carbocycles. The first-order valence-electron chi connectivity index (χ1n) is 8.21. The molecule has 1 amide bonds. The van der Waals surface area contributed by atoms with Crippen molar-refractivity contribution in [1.82, 2.24) is 9.03 Å². The number of esters is 1. The summed E-state index contributed by atoms with van der Waals surface area (Å²) >= 11 is 0. The van der Waals surface area contributed by atoms with Gasteiger partial charge in [-0.3, -0.25) is 4.79 Å². The zero-order valence-electron chi connectivity index (χ0n) is 15.5. The molecule has 0 aliphatic rings. The number of carbonyl (C=O) groups is 2. The van der Waals surface area contributed by atoms with Gasteiger partial charge in [-0.25, -0.2) is 9.52 Å². The molecule has 146 valence electrons. The van der Waals surface area contributed by atoms with E-state index < -0.39 is 28.3 Å². The van der Waals surface area contributed by atoms with Crippen LogP contribution in [0.1, 0.15) is 32.3 Å². The van der Waals surface area contributed by atoms with E-state index in [0.717, 1.165) is 9.87 Å². The molecule has 9 heteroatoms. The number of ether oxygens (including phenoxy) is 2. The highest BCUT2D eigenvalue weighted by Crippen LogP contribution is 2.15. The molecule has 0 aromatic heterocycles. The summed E-state index contributed by atoms with van der Waals surface area (Å²) in [5.41, 5.74) is 0.720. The first-order valence-corrected chi connectivity index (χ1v) is 9.65. The molecule has 0 aliphatic carbocycles. The third kappa shape index (κ3) is 7.01. The van der Waals surface area contributed by atoms with Gasteiger partial charge in [-0.15, -0.1) is 0 Å². The normalized spacial score (nSPS) is 12.7. The highest BCUT2D eigenvalue weighted by Gasteiger charge is 2.33. The zero-order chi connectivity index (χ0) is 19.7. The van der Waals surface area contributed by atoms with Gasteiger partial charge in [0.2, 0.25) is 0 Å². The first kappa shape index (κ1) is 21.9. The highest BCUT2D eigenvalue weighted by molar-refractivity contribution is 7.87. The molecule has 0 aliphatic heterocycles. The van der Waals surface area contributed by atoms with Gasteiger partial charge in [0.05, 0.1) is 7.11 Å². The number of nitrogens with zero attached hydrogens (tertiary/aromatic N) is 1. The number of methoxy groups -OCH3 is 1. The Kier molecular flexibility index (Phi) is 8.53. The predicted octanol–water partition coefficient (Wildman–Crippen LogP) is 2.07. The van der Waals surface area contributed by atoms with Crippen LogP contribution in [0.3, 0.4) is 0 Å². The van der Waals surface area contributed by atoms with Crippen LogP contribution in [0, 0.1) is 5.92 Å². The summed E-state index contributed by atoms with van der Waals surface area (Å²) in [6, 6.07) is 7.82. The van der Waals surface area contributed by atoms with Crippen molar-refractivity contribution in [2.45, 2.75) is 39.3 Å². The number of amides is 1. The Labute approximate surface area is 154 Å². The molecule has 0 spiro atoms. The van der Waals surface area contributed by atoms with Crippen molar-refractivity contribution in [3.63, 3.8) is 0 Å². The molecule has 8 nitrogen and oxygen atoms in total. The molecule has 1 rings (SSSR count). The molecule has 0 fully saturated rings. The third-order valence-corrected chi connectivity index (χ3v) is 5.17. The second kappa shape index (κ2) is 10.1. The van der Waals surface area contributed by atoms with Crippen molar-refractivity contribution in [3.8, 4) is 0 Å². The van der Waals surface area contributed by atoms with Gasteiger partial charge in [-0.2, -0.15) is 12.7 Å². The zero-order valence-corrected chi connectivity index (χ0v) is 16.3. The van der Waals surface area contributed by atoms with Crippen LogP contribution in [0.5, 0.6) is 0 Å². The molecule has 1 atom stereocenters. The Morgan fingerprint density at radius 1 is 1.15 bits per heavy atom. The molecule has 0 heterocycles. The smallest absolute Gasteiger partial charge is 0.422 e. The number of rotatable bonds is 9. The minimum atomic E-state index is -4.26. The molecule has 0 radical (unpaired) electrons. The molecule has 1 aromatic rings. The second-order valence-electron chi connectivity index (χ2n) is 6.20. The predicted molar refractivity (Wildman–Crippen MR) is 96.3 cm³/mol. The summed E-state index contributed by atoms with van der Waals surface area (Å²) in [7, 11) is -1.85. The van der Waals surface area contributed by atoms with Crippen molar-refractivity contribution in [1.29, 1.82) is 0 Å². The first-order chi connectivity index (χ1) is 12.2. The summed E-state index contributed by atoms with van der Waals surface area (Å²) < 4.78 is 36.9. The van der Waals surface area contributed by atoms with Crippen LogP contribution in [-0.2, 0) is 31.1 Å². The Hall–Kier alpha value is -2.13. The molecular formula is C17H26N2O6S. The highest BCUT2D eigenvalue weighted by atomic mass is 32.2. The standard InChI is InChI=1S/C17H26N2O6S/c1-13(2)10-11-15(16(20)24-4)19(3)26(22,23)18-17(21)25-12-14-8-6-5-7-9-14/h5-9,13,15H,10-12H2,1-4H3,(H,18,21). The van der Waals surface area contributed by atoms with Crippen LogP contribution in [0.25, 0.3) is 0 Å². The Morgan fingerprint density at radius 3 is 2.31 bits per heavy atom. The molecule has 1 aromatic carbocycles. The van der Waals surface area contributed by atoms with E-state index >= 15 is 0 Å². The Morgan fingerprint density at radius 2 is 1.77 bits per heavy atom. The van der Waals surface area contributed by atoms with Crippen molar-refractivity contribution < 1.29 is 27.5 Å². The van der Waals surface area contributed by atoms with E-state index in [1.165, 1.54) is 14.2 Å². The van der Waals surface area contributed by atoms with Gasteiger partial charge in [-0.05, 0) is 24.3 Å². The van der Waals surface area contributed by atoms with Gasteiger partial charge in [0.25, 0.3) is 0 Å². The van der Waals surface area contributed by atoms with E-state index in [0.29, 0.717) is 6.42 Å². The fraction of sp³-hybridized carbons (Fsp3) is 0.529. The van der Waals surface area contributed by atoms with Crippen molar-refractivity contribution in [2.75, 3.05) is 14.2 Å². The largest absolute Gasteiger partial charge is 0.468 e. The quantitative estimate of drug-likeness (QED) is 0.652. The summed E-state index contributed by atoms with van der Waals surface area (Å²) in [4.78, 5) is 23.7. The lowest BCUT2D eigenvalue weighted by Gasteiger charge is -2.25. The van der Waals surface area contributed by atoms with E-state index in [1.54, 1.807) is 29.0 Å².